The monoisotopic (exact) mass is 360 g/mol. The number of anilines is 1. The number of allylic oxidation sites excluding steroid dienone is 2. The number of benzene rings is 2. The number of nitrogens with one attached hydrogen (secondary N) is 1. The van der Waals surface area contributed by atoms with Crippen molar-refractivity contribution in [1.29, 1.82) is 0 Å². The highest BCUT2D eigenvalue weighted by molar-refractivity contribution is 6.00. The zero-order valence-corrected chi connectivity index (χ0v) is 14.5. The molecule has 1 aliphatic carbocycles. The summed E-state index contributed by atoms with van der Waals surface area (Å²) in [4.78, 5) is 17.4. The molecule has 0 saturated carbocycles. The average Bonchev–Trinajstić information content (AvgIpc) is 3.15. The number of carbonyl (C=O) groups is 1. The van der Waals surface area contributed by atoms with Gasteiger partial charge in [0.15, 0.2) is 5.78 Å². The van der Waals surface area contributed by atoms with Crippen molar-refractivity contribution in [3.8, 4) is 0 Å². The second kappa shape index (κ2) is 6.16. The van der Waals surface area contributed by atoms with Gasteiger partial charge in [0, 0.05) is 17.7 Å². The maximum Gasteiger partial charge on any atom is 0.226 e. The van der Waals surface area contributed by atoms with Crippen LogP contribution in [0, 0.1) is 5.82 Å². The lowest BCUT2D eigenvalue weighted by Crippen LogP contribution is -2.33. The second-order valence-corrected chi connectivity index (χ2v) is 6.94. The number of Topliss-reactive ketones (excluding diaryl/α,β-unsaturated/α-hetero) is 1. The van der Waals surface area contributed by atoms with Gasteiger partial charge < -0.3 is 5.32 Å². The third kappa shape index (κ3) is 2.65. The molecule has 0 fully saturated rings. The first-order chi connectivity index (χ1) is 13.2. The van der Waals surface area contributed by atoms with Crippen LogP contribution in [-0.2, 0) is 4.79 Å². The number of hydrogen-bond donors (Lipinski definition) is 1. The van der Waals surface area contributed by atoms with Crippen LogP contribution >= 0.6 is 0 Å². The van der Waals surface area contributed by atoms with E-state index in [1.807, 2.05) is 24.3 Å². The van der Waals surface area contributed by atoms with E-state index >= 15 is 0 Å². The Bertz CT molecular complexity index is 1060. The Morgan fingerprint density at radius 1 is 1.04 bits per heavy atom. The van der Waals surface area contributed by atoms with Gasteiger partial charge in [0.05, 0.1) is 0 Å². The molecule has 134 valence electrons. The second-order valence-electron chi connectivity index (χ2n) is 6.94. The number of fused-ring (bicyclic) bond motifs is 1. The maximum atomic E-state index is 13.9. The number of rotatable bonds is 2. The molecule has 3 aromatic rings. The Kier molecular flexibility index (Phi) is 3.63. The van der Waals surface area contributed by atoms with Gasteiger partial charge in [0.2, 0.25) is 5.95 Å². The van der Waals surface area contributed by atoms with Gasteiger partial charge >= 0.3 is 0 Å². The summed E-state index contributed by atoms with van der Waals surface area (Å²) in [5.41, 5.74) is 3.36. The summed E-state index contributed by atoms with van der Waals surface area (Å²) < 4.78 is 15.5. The highest BCUT2D eigenvalue weighted by Crippen LogP contribution is 2.43. The van der Waals surface area contributed by atoms with Crippen LogP contribution in [-0.4, -0.2) is 20.5 Å². The Balaban J connectivity index is 1.62. The quantitative estimate of drug-likeness (QED) is 0.754. The fraction of sp³-hybridized carbons (Fsp3) is 0.190. The van der Waals surface area contributed by atoms with Crippen molar-refractivity contribution in [2.24, 2.45) is 0 Å². The third-order valence-corrected chi connectivity index (χ3v) is 5.30. The first-order valence-corrected chi connectivity index (χ1v) is 8.94. The van der Waals surface area contributed by atoms with Gasteiger partial charge in [-0.25, -0.2) is 9.07 Å². The minimum atomic E-state index is -0.460. The predicted octanol–water partition coefficient (Wildman–Crippen LogP) is 3.83. The summed E-state index contributed by atoms with van der Waals surface area (Å²) in [5.74, 6) is 0.422. The van der Waals surface area contributed by atoms with E-state index in [1.54, 1.807) is 10.7 Å². The highest BCUT2D eigenvalue weighted by Gasteiger charge is 2.39. The molecule has 6 heteroatoms. The van der Waals surface area contributed by atoms with Gasteiger partial charge in [-0.2, -0.15) is 10.1 Å². The van der Waals surface area contributed by atoms with Crippen molar-refractivity contribution in [2.45, 2.75) is 24.8 Å². The van der Waals surface area contributed by atoms with Crippen molar-refractivity contribution < 1.29 is 9.18 Å². The molecule has 1 aromatic heterocycles. The van der Waals surface area contributed by atoms with E-state index in [1.165, 1.54) is 18.5 Å². The molecule has 2 aromatic carbocycles. The van der Waals surface area contributed by atoms with E-state index in [4.69, 9.17) is 0 Å². The zero-order valence-electron chi connectivity index (χ0n) is 14.5. The van der Waals surface area contributed by atoms with E-state index in [0.717, 1.165) is 11.3 Å². The van der Waals surface area contributed by atoms with Gasteiger partial charge in [-0.15, -0.1) is 0 Å². The van der Waals surface area contributed by atoms with Crippen LogP contribution in [0.1, 0.15) is 35.9 Å². The summed E-state index contributed by atoms with van der Waals surface area (Å²) in [6.45, 7) is 0. The number of aromatic nitrogens is 3. The number of ketones is 1. The van der Waals surface area contributed by atoms with Crippen molar-refractivity contribution in [1.82, 2.24) is 14.8 Å². The molecule has 0 amide bonds. The fourth-order valence-electron chi connectivity index (χ4n) is 4.10. The Morgan fingerprint density at radius 2 is 1.85 bits per heavy atom. The summed E-state index contributed by atoms with van der Waals surface area (Å²) >= 11 is 0. The van der Waals surface area contributed by atoms with Gasteiger partial charge in [-0.1, -0.05) is 42.5 Å². The lowest BCUT2D eigenvalue weighted by atomic mass is 9.78. The van der Waals surface area contributed by atoms with Gasteiger partial charge in [0.1, 0.15) is 18.2 Å². The van der Waals surface area contributed by atoms with Gasteiger partial charge in [-0.05, 0) is 35.6 Å². The van der Waals surface area contributed by atoms with Crippen LogP contribution in [0.25, 0.3) is 0 Å². The Hall–Kier alpha value is -3.28. The lowest BCUT2D eigenvalue weighted by molar-refractivity contribution is -0.116. The van der Waals surface area contributed by atoms with Crippen LogP contribution in [0.4, 0.5) is 10.3 Å². The zero-order chi connectivity index (χ0) is 18.4. The minimum Gasteiger partial charge on any atom is -0.328 e. The molecular weight excluding hydrogens is 343 g/mol. The Labute approximate surface area is 155 Å². The first kappa shape index (κ1) is 15.9. The number of halogens is 1. The first-order valence-electron chi connectivity index (χ1n) is 8.94. The molecule has 0 bridgehead atoms. The highest BCUT2D eigenvalue weighted by atomic mass is 19.1. The van der Waals surface area contributed by atoms with Crippen molar-refractivity contribution in [3.05, 3.63) is 89.1 Å². The lowest BCUT2D eigenvalue weighted by Gasteiger charge is -2.35. The van der Waals surface area contributed by atoms with Crippen molar-refractivity contribution >= 4 is 11.7 Å². The Morgan fingerprint density at radius 3 is 2.67 bits per heavy atom. The normalized spacial score (nSPS) is 21.4. The van der Waals surface area contributed by atoms with Crippen LogP contribution in [0.3, 0.4) is 0 Å². The summed E-state index contributed by atoms with van der Waals surface area (Å²) in [6, 6.07) is 15.9. The van der Waals surface area contributed by atoms with E-state index in [0.29, 0.717) is 29.9 Å². The minimum absolute atomic E-state index is 0.0630. The van der Waals surface area contributed by atoms with E-state index < -0.39 is 6.04 Å². The molecule has 2 unspecified atom stereocenters. The molecular formula is C21H17FN4O. The van der Waals surface area contributed by atoms with Crippen LogP contribution in [0.2, 0.25) is 0 Å². The summed E-state index contributed by atoms with van der Waals surface area (Å²) in [6.07, 6.45) is 2.59. The number of hydrogen-bond acceptors (Lipinski definition) is 4. The maximum absolute atomic E-state index is 13.9. The smallest absolute Gasteiger partial charge is 0.226 e. The molecule has 5 nitrogen and oxygen atoms in total. The summed E-state index contributed by atoms with van der Waals surface area (Å²) in [7, 11) is 0. The summed E-state index contributed by atoms with van der Waals surface area (Å²) in [5, 5.41) is 7.56. The molecule has 2 atom stereocenters. The molecule has 2 heterocycles. The van der Waals surface area contributed by atoms with Crippen LogP contribution < -0.4 is 5.32 Å². The topological polar surface area (TPSA) is 59.8 Å². The number of carbonyl (C=O) groups excluding carboxylic acids is 1. The molecule has 2 aliphatic rings. The molecule has 1 aliphatic heterocycles. The van der Waals surface area contributed by atoms with E-state index in [2.05, 4.69) is 27.5 Å². The fourth-order valence-corrected chi connectivity index (χ4v) is 4.10. The van der Waals surface area contributed by atoms with Crippen molar-refractivity contribution in [2.75, 3.05) is 5.32 Å². The van der Waals surface area contributed by atoms with Crippen LogP contribution in [0.15, 0.2) is 72.2 Å². The molecule has 0 saturated heterocycles. The molecule has 5 rings (SSSR count). The molecule has 1 N–H and O–H groups in total. The average molecular weight is 360 g/mol. The van der Waals surface area contributed by atoms with Crippen LogP contribution in [0.5, 0.6) is 0 Å². The predicted molar refractivity (Wildman–Crippen MR) is 98.6 cm³/mol. The SMILES string of the molecule is O=C1CC(c2ccccc2)CC2=C1C(c1cccc(F)c1)n1ncnc1N2. The molecule has 0 radical (unpaired) electrons. The molecule has 0 spiro atoms. The standard InChI is InChI=1S/C21H17FN4O/c22-16-8-4-7-14(9-16)20-19-17(25-21-23-12-24-26(20)21)10-15(11-18(19)27)13-5-2-1-3-6-13/h1-9,12,15,20H,10-11H2,(H,23,24,25). The van der Waals surface area contributed by atoms with E-state index in [-0.39, 0.29) is 17.5 Å². The van der Waals surface area contributed by atoms with Gasteiger partial charge in [-0.3, -0.25) is 4.79 Å². The third-order valence-electron chi connectivity index (χ3n) is 5.30. The number of nitrogens with zero attached hydrogens (tertiary/aromatic N) is 3. The van der Waals surface area contributed by atoms with E-state index in [9.17, 15) is 9.18 Å². The molecule has 27 heavy (non-hydrogen) atoms. The van der Waals surface area contributed by atoms with Crippen molar-refractivity contribution in [3.63, 3.8) is 0 Å². The van der Waals surface area contributed by atoms with Gasteiger partial charge in [0.25, 0.3) is 0 Å². The largest absolute Gasteiger partial charge is 0.328 e.